The Morgan fingerprint density at radius 3 is 2.71 bits per heavy atom. The summed E-state index contributed by atoms with van der Waals surface area (Å²) in [4.78, 5) is 11.7. The zero-order chi connectivity index (χ0) is 14.6. The molecular weight excluding hydrogens is 260 g/mol. The largest absolute Gasteiger partial charge is 0.393 e. The summed E-state index contributed by atoms with van der Waals surface area (Å²) in [6.45, 7) is 1.98. The minimum atomic E-state index is -0.138. The predicted molar refractivity (Wildman–Crippen MR) is 82.7 cm³/mol. The number of ketones is 1. The molecule has 4 rings (SSSR count). The second-order valence-corrected chi connectivity index (χ2v) is 7.63. The van der Waals surface area contributed by atoms with Gasteiger partial charge in [0.25, 0.3) is 0 Å². The van der Waals surface area contributed by atoms with Crippen LogP contribution in [0.1, 0.15) is 58.3 Å². The van der Waals surface area contributed by atoms with Crippen LogP contribution in [0.2, 0.25) is 0 Å². The molecule has 1 N–H and O–H groups in total. The molecule has 0 radical (unpaired) electrons. The summed E-state index contributed by atoms with van der Waals surface area (Å²) >= 11 is 0. The van der Waals surface area contributed by atoms with E-state index in [0.29, 0.717) is 11.7 Å². The molecule has 0 aromatic rings. The van der Waals surface area contributed by atoms with Crippen LogP contribution < -0.4 is 0 Å². The molecule has 4 aliphatic carbocycles. The lowest BCUT2D eigenvalue weighted by atomic mass is 9.62. The molecule has 0 aromatic carbocycles. The Kier molecular flexibility index (Phi) is 3.33. The molecule has 0 heterocycles. The lowest BCUT2D eigenvalue weighted by Gasteiger charge is -2.43. The number of fused-ring (bicyclic) bond motifs is 4. The van der Waals surface area contributed by atoms with Gasteiger partial charge in [-0.25, -0.2) is 0 Å². The van der Waals surface area contributed by atoms with Crippen LogP contribution >= 0.6 is 0 Å². The summed E-state index contributed by atoms with van der Waals surface area (Å²) in [7, 11) is 0. The SMILES string of the molecule is CC(O)C1CCC2C3CCC4=CC(=O)CCC4=C3CCC12. The number of allylic oxidation sites excluding steroid dienone is 4. The maximum absolute atomic E-state index is 11.7. The third-order valence-electron chi connectivity index (χ3n) is 6.72. The first kappa shape index (κ1) is 13.8. The van der Waals surface area contributed by atoms with Crippen molar-refractivity contribution in [3.05, 3.63) is 22.8 Å². The van der Waals surface area contributed by atoms with Crippen LogP contribution in [0.3, 0.4) is 0 Å². The monoisotopic (exact) mass is 286 g/mol. The molecule has 0 aliphatic heterocycles. The van der Waals surface area contributed by atoms with Gasteiger partial charge in [0.05, 0.1) is 6.10 Å². The summed E-state index contributed by atoms with van der Waals surface area (Å²) in [5.74, 6) is 3.17. The van der Waals surface area contributed by atoms with E-state index in [1.54, 1.807) is 11.1 Å². The lowest BCUT2D eigenvalue weighted by molar-refractivity contribution is -0.114. The molecule has 21 heavy (non-hydrogen) atoms. The van der Waals surface area contributed by atoms with Gasteiger partial charge in [0.15, 0.2) is 5.78 Å². The van der Waals surface area contributed by atoms with Gasteiger partial charge in [-0.05, 0) is 92.8 Å². The van der Waals surface area contributed by atoms with Gasteiger partial charge in [0.1, 0.15) is 0 Å². The van der Waals surface area contributed by atoms with Crippen LogP contribution in [-0.4, -0.2) is 17.0 Å². The number of carbonyl (C=O) groups is 1. The van der Waals surface area contributed by atoms with Crippen molar-refractivity contribution < 1.29 is 9.90 Å². The fourth-order valence-electron chi connectivity index (χ4n) is 5.85. The van der Waals surface area contributed by atoms with Gasteiger partial charge >= 0.3 is 0 Å². The Labute approximate surface area is 127 Å². The number of aliphatic hydroxyl groups excluding tert-OH is 1. The van der Waals surface area contributed by atoms with Crippen molar-refractivity contribution in [3.63, 3.8) is 0 Å². The number of rotatable bonds is 1. The Morgan fingerprint density at radius 1 is 1.05 bits per heavy atom. The number of hydrogen-bond donors (Lipinski definition) is 1. The standard InChI is InChI=1S/C19H26O2/c1-11(20)14-6-7-19-16(14)8-9-17-15-5-3-13(21)10-12(15)2-4-18(17)19/h10-11,14,16,18-20H,2-9H2,1H3. The highest BCUT2D eigenvalue weighted by atomic mass is 16.3. The summed E-state index contributed by atoms with van der Waals surface area (Å²) in [6.07, 6.45) is 10.9. The maximum atomic E-state index is 11.7. The lowest BCUT2D eigenvalue weighted by Crippen LogP contribution is -2.34. The van der Waals surface area contributed by atoms with E-state index in [0.717, 1.165) is 37.0 Å². The summed E-state index contributed by atoms with van der Waals surface area (Å²) in [5.41, 5.74) is 4.62. The second-order valence-electron chi connectivity index (χ2n) is 7.63. The fraction of sp³-hybridized carbons (Fsp3) is 0.737. The van der Waals surface area contributed by atoms with Crippen molar-refractivity contribution >= 4 is 5.78 Å². The topological polar surface area (TPSA) is 37.3 Å². The molecule has 2 heteroatoms. The molecular formula is C19H26O2. The van der Waals surface area contributed by atoms with E-state index in [9.17, 15) is 9.90 Å². The average Bonchev–Trinajstić information content (AvgIpc) is 2.90. The van der Waals surface area contributed by atoms with Crippen molar-refractivity contribution in [2.75, 3.05) is 0 Å². The van der Waals surface area contributed by atoms with Gasteiger partial charge in [0, 0.05) is 6.42 Å². The highest BCUT2D eigenvalue weighted by molar-refractivity contribution is 5.93. The van der Waals surface area contributed by atoms with E-state index in [1.807, 2.05) is 13.0 Å². The highest BCUT2D eigenvalue weighted by Crippen LogP contribution is 2.56. The van der Waals surface area contributed by atoms with Gasteiger partial charge in [-0.2, -0.15) is 0 Å². The van der Waals surface area contributed by atoms with Crippen LogP contribution in [0.15, 0.2) is 22.8 Å². The van der Waals surface area contributed by atoms with E-state index in [4.69, 9.17) is 0 Å². The molecule has 5 unspecified atom stereocenters. The van der Waals surface area contributed by atoms with Crippen LogP contribution in [0.25, 0.3) is 0 Å². The third-order valence-corrected chi connectivity index (χ3v) is 6.72. The van der Waals surface area contributed by atoms with Gasteiger partial charge < -0.3 is 5.11 Å². The average molecular weight is 286 g/mol. The molecule has 2 nitrogen and oxygen atoms in total. The molecule has 5 atom stereocenters. The molecule has 2 fully saturated rings. The zero-order valence-electron chi connectivity index (χ0n) is 13.0. The van der Waals surface area contributed by atoms with Crippen LogP contribution in [0.4, 0.5) is 0 Å². The Morgan fingerprint density at radius 2 is 1.90 bits per heavy atom. The Hall–Kier alpha value is -0.890. The summed E-state index contributed by atoms with van der Waals surface area (Å²) in [6, 6.07) is 0. The van der Waals surface area contributed by atoms with Gasteiger partial charge in [-0.15, -0.1) is 0 Å². The quantitative estimate of drug-likeness (QED) is 0.796. The normalized spacial score (nSPS) is 40.3. The Balaban J connectivity index is 1.65. The smallest absolute Gasteiger partial charge is 0.156 e. The summed E-state index contributed by atoms with van der Waals surface area (Å²) in [5, 5.41) is 10.0. The first-order chi connectivity index (χ1) is 10.1. The second kappa shape index (κ2) is 5.08. The number of aliphatic hydroxyl groups is 1. The molecule has 0 saturated heterocycles. The van der Waals surface area contributed by atoms with Crippen LogP contribution in [0.5, 0.6) is 0 Å². The minimum absolute atomic E-state index is 0.138. The highest BCUT2D eigenvalue weighted by Gasteiger charge is 2.47. The van der Waals surface area contributed by atoms with E-state index >= 15 is 0 Å². The van der Waals surface area contributed by atoms with Crippen LogP contribution in [0, 0.1) is 23.7 Å². The zero-order valence-corrected chi connectivity index (χ0v) is 13.0. The van der Waals surface area contributed by atoms with E-state index < -0.39 is 0 Å². The van der Waals surface area contributed by atoms with Crippen LogP contribution in [-0.2, 0) is 4.79 Å². The van der Waals surface area contributed by atoms with E-state index in [-0.39, 0.29) is 6.10 Å². The van der Waals surface area contributed by atoms with Crippen molar-refractivity contribution in [2.24, 2.45) is 23.7 Å². The minimum Gasteiger partial charge on any atom is -0.393 e. The molecule has 0 aromatic heterocycles. The molecule has 114 valence electrons. The predicted octanol–water partition coefficient (Wildman–Crippen LogP) is 3.80. The molecule has 0 spiro atoms. The fourth-order valence-corrected chi connectivity index (χ4v) is 5.85. The molecule has 4 aliphatic rings. The first-order valence-electron chi connectivity index (χ1n) is 8.79. The van der Waals surface area contributed by atoms with Gasteiger partial charge in [0.2, 0.25) is 0 Å². The molecule has 0 amide bonds. The van der Waals surface area contributed by atoms with E-state index in [1.165, 1.54) is 37.7 Å². The van der Waals surface area contributed by atoms with Crippen molar-refractivity contribution in [1.82, 2.24) is 0 Å². The number of hydrogen-bond acceptors (Lipinski definition) is 2. The summed E-state index contributed by atoms with van der Waals surface area (Å²) < 4.78 is 0. The van der Waals surface area contributed by atoms with Crippen molar-refractivity contribution in [2.45, 2.75) is 64.4 Å². The number of carbonyl (C=O) groups excluding carboxylic acids is 1. The first-order valence-corrected chi connectivity index (χ1v) is 8.79. The maximum Gasteiger partial charge on any atom is 0.156 e. The van der Waals surface area contributed by atoms with Crippen molar-refractivity contribution in [1.29, 1.82) is 0 Å². The third kappa shape index (κ3) is 2.14. The molecule has 2 saturated carbocycles. The Bertz CT molecular complexity index is 526. The molecule has 0 bridgehead atoms. The van der Waals surface area contributed by atoms with Crippen molar-refractivity contribution in [3.8, 4) is 0 Å². The van der Waals surface area contributed by atoms with Gasteiger partial charge in [-0.3, -0.25) is 4.79 Å². The van der Waals surface area contributed by atoms with Gasteiger partial charge in [-0.1, -0.05) is 5.57 Å². The van der Waals surface area contributed by atoms with E-state index in [2.05, 4.69) is 0 Å².